The van der Waals surface area contributed by atoms with Crippen molar-refractivity contribution in [2.24, 2.45) is 0 Å². The van der Waals surface area contributed by atoms with Crippen LogP contribution in [0.2, 0.25) is 0 Å². The molecule has 3 aromatic carbocycles. The number of fused-ring (bicyclic) bond motifs is 1. The molecule has 0 aliphatic carbocycles. The normalized spacial score (nSPS) is 16.1. The lowest BCUT2D eigenvalue weighted by molar-refractivity contribution is 0.0999. The molecule has 27 heavy (non-hydrogen) atoms. The van der Waals surface area contributed by atoms with Crippen molar-refractivity contribution in [1.29, 1.82) is 0 Å². The molecule has 0 saturated carbocycles. The number of sulfonamides is 1. The van der Waals surface area contributed by atoms with Crippen molar-refractivity contribution in [2.75, 3.05) is 22.8 Å². The van der Waals surface area contributed by atoms with Crippen LogP contribution in [0.15, 0.2) is 59.5 Å². The first-order valence-electron chi connectivity index (χ1n) is 8.94. The van der Waals surface area contributed by atoms with E-state index in [4.69, 9.17) is 0 Å². The minimum absolute atomic E-state index is 0.103. The molecule has 0 spiro atoms. The molecule has 5 rings (SSSR count). The molecule has 1 amide bonds. The zero-order chi connectivity index (χ0) is 18.8. The third-order valence-electron chi connectivity index (χ3n) is 5.51. The van der Waals surface area contributed by atoms with Gasteiger partial charge in [0.2, 0.25) is 0 Å². The second-order valence-electron chi connectivity index (χ2n) is 6.98. The molecular weight excluding hydrogens is 360 g/mol. The van der Waals surface area contributed by atoms with Gasteiger partial charge in [-0.2, -0.15) is 0 Å². The average Bonchev–Trinajstić information content (AvgIpc) is 2.94. The highest BCUT2D eigenvalue weighted by Crippen LogP contribution is 2.41. The number of carbonyl (C=O) groups excluding carboxylic acids is 1. The van der Waals surface area contributed by atoms with Crippen molar-refractivity contribution in [3.8, 4) is 0 Å². The van der Waals surface area contributed by atoms with E-state index in [1.807, 2.05) is 24.3 Å². The molecule has 2 aliphatic rings. The highest BCUT2D eigenvalue weighted by atomic mass is 32.2. The third-order valence-corrected chi connectivity index (χ3v) is 7.38. The summed E-state index contributed by atoms with van der Waals surface area (Å²) in [5.41, 5.74) is 3.11. The Morgan fingerprint density at radius 3 is 2.59 bits per heavy atom. The van der Waals surface area contributed by atoms with E-state index < -0.39 is 10.0 Å². The molecule has 0 atom stereocenters. The van der Waals surface area contributed by atoms with Crippen LogP contribution in [-0.2, 0) is 16.4 Å². The Bertz CT molecular complexity index is 1220. The van der Waals surface area contributed by atoms with Gasteiger partial charge in [0.15, 0.2) is 0 Å². The third kappa shape index (κ3) is 2.16. The van der Waals surface area contributed by atoms with Crippen LogP contribution in [0, 0.1) is 0 Å². The van der Waals surface area contributed by atoms with Gasteiger partial charge >= 0.3 is 0 Å². The van der Waals surface area contributed by atoms with Gasteiger partial charge in [0, 0.05) is 29.9 Å². The molecule has 6 heteroatoms. The number of aryl methyl sites for hydroxylation is 1. The Kier molecular flexibility index (Phi) is 3.37. The van der Waals surface area contributed by atoms with Gasteiger partial charge in [0.25, 0.3) is 15.9 Å². The van der Waals surface area contributed by atoms with Crippen LogP contribution in [-0.4, -0.2) is 27.9 Å². The highest BCUT2D eigenvalue weighted by Gasteiger charge is 2.34. The number of carbonyl (C=O) groups is 1. The highest BCUT2D eigenvalue weighted by molar-refractivity contribution is 7.93. The first kappa shape index (κ1) is 16.3. The minimum Gasteiger partial charge on any atom is -0.311 e. The fraction of sp³-hybridized carbons (Fsp3) is 0.190. The van der Waals surface area contributed by atoms with Gasteiger partial charge in [-0.15, -0.1) is 0 Å². The van der Waals surface area contributed by atoms with Crippen LogP contribution in [0.5, 0.6) is 0 Å². The van der Waals surface area contributed by atoms with Crippen LogP contribution < -0.4 is 9.21 Å². The summed E-state index contributed by atoms with van der Waals surface area (Å²) in [5.74, 6) is -0.103. The van der Waals surface area contributed by atoms with Crippen molar-refractivity contribution in [1.82, 2.24) is 0 Å². The lowest BCUT2D eigenvalue weighted by Crippen LogP contribution is -2.35. The van der Waals surface area contributed by atoms with E-state index in [2.05, 4.69) is 0 Å². The molecule has 0 fully saturated rings. The van der Waals surface area contributed by atoms with Gasteiger partial charge in [0.1, 0.15) is 0 Å². The molecule has 0 unspecified atom stereocenters. The van der Waals surface area contributed by atoms with Crippen molar-refractivity contribution in [2.45, 2.75) is 17.7 Å². The molecule has 5 nitrogen and oxygen atoms in total. The van der Waals surface area contributed by atoms with E-state index in [1.165, 1.54) is 4.31 Å². The zero-order valence-electron chi connectivity index (χ0n) is 14.8. The zero-order valence-corrected chi connectivity index (χ0v) is 15.7. The standard InChI is InChI=1S/C21H18N2O3S/c1-22-18-11-12-19(15-8-4-9-16(20(15)18)21(22)24)27(25,26)23-13-5-7-14-6-2-3-10-17(14)23/h2-4,6,8-12H,5,7,13H2,1H3. The lowest BCUT2D eigenvalue weighted by Gasteiger charge is -2.30. The molecule has 0 N–H and O–H groups in total. The molecule has 0 saturated heterocycles. The summed E-state index contributed by atoms with van der Waals surface area (Å²) >= 11 is 0. The van der Waals surface area contributed by atoms with Gasteiger partial charge in [-0.05, 0) is 42.7 Å². The largest absolute Gasteiger partial charge is 0.311 e. The maximum atomic E-state index is 13.6. The smallest absolute Gasteiger partial charge is 0.264 e. The molecule has 0 aromatic heterocycles. The van der Waals surface area contributed by atoms with E-state index >= 15 is 0 Å². The van der Waals surface area contributed by atoms with Crippen LogP contribution in [0.1, 0.15) is 22.3 Å². The predicted molar refractivity (Wildman–Crippen MR) is 106 cm³/mol. The van der Waals surface area contributed by atoms with E-state index in [0.717, 1.165) is 35.2 Å². The molecule has 3 aromatic rings. The van der Waals surface area contributed by atoms with Crippen molar-refractivity contribution in [3.63, 3.8) is 0 Å². The first-order chi connectivity index (χ1) is 13.0. The maximum Gasteiger partial charge on any atom is 0.264 e. The second-order valence-corrected chi connectivity index (χ2v) is 8.82. The van der Waals surface area contributed by atoms with Gasteiger partial charge < -0.3 is 4.90 Å². The Labute approximate surface area is 157 Å². The molecule has 2 heterocycles. The minimum atomic E-state index is -3.74. The maximum absolute atomic E-state index is 13.6. The van der Waals surface area contributed by atoms with Crippen molar-refractivity contribution in [3.05, 3.63) is 65.7 Å². The summed E-state index contributed by atoms with van der Waals surface area (Å²) in [4.78, 5) is 14.3. The van der Waals surface area contributed by atoms with Crippen molar-refractivity contribution >= 4 is 38.1 Å². The molecule has 0 radical (unpaired) electrons. The first-order valence-corrected chi connectivity index (χ1v) is 10.4. The van der Waals surface area contributed by atoms with Gasteiger partial charge in [-0.3, -0.25) is 9.10 Å². The number of rotatable bonds is 2. The second kappa shape index (κ2) is 5.57. The molecular formula is C21H18N2O3S. The summed E-state index contributed by atoms with van der Waals surface area (Å²) in [6.45, 7) is 0.459. The Hall–Kier alpha value is -2.86. The summed E-state index contributed by atoms with van der Waals surface area (Å²) < 4.78 is 28.7. The SMILES string of the molecule is CN1C(=O)c2cccc3c(S(=O)(=O)N4CCCc5ccccc54)ccc1c23. The number of nitrogens with zero attached hydrogens (tertiary/aromatic N) is 2. The number of hydrogen-bond donors (Lipinski definition) is 0. The lowest BCUT2D eigenvalue weighted by atomic mass is 10.0. The van der Waals surface area contributed by atoms with Gasteiger partial charge in [0.05, 0.1) is 16.3 Å². The van der Waals surface area contributed by atoms with E-state index in [1.54, 1.807) is 42.3 Å². The van der Waals surface area contributed by atoms with Crippen molar-refractivity contribution < 1.29 is 13.2 Å². The molecule has 2 aliphatic heterocycles. The number of amides is 1. The molecule has 0 bridgehead atoms. The van der Waals surface area contributed by atoms with E-state index in [-0.39, 0.29) is 10.8 Å². The summed E-state index contributed by atoms with van der Waals surface area (Å²) in [5, 5.41) is 1.32. The van der Waals surface area contributed by atoms with Crippen LogP contribution in [0.3, 0.4) is 0 Å². The summed E-state index contributed by atoms with van der Waals surface area (Å²) in [7, 11) is -2.02. The van der Waals surface area contributed by atoms with Crippen LogP contribution in [0.25, 0.3) is 10.8 Å². The quantitative estimate of drug-likeness (QED) is 0.685. The summed E-state index contributed by atoms with van der Waals surface area (Å²) in [6, 6.07) is 16.3. The summed E-state index contributed by atoms with van der Waals surface area (Å²) in [6.07, 6.45) is 1.67. The van der Waals surface area contributed by atoms with Gasteiger partial charge in [-0.1, -0.05) is 30.3 Å². The van der Waals surface area contributed by atoms with Gasteiger partial charge in [-0.25, -0.2) is 8.42 Å². The fourth-order valence-electron chi connectivity index (χ4n) is 4.20. The Balaban J connectivity index is 1.75. The molecule has 136 valence electrons. The number of hydrogen-bond acceptors (Lipinski definition) is 3. The number of anilines is 2. The Morgan fingerprint density at radius 1 is 0.926 bits per heavy atom. The van der Waals surface area contributed by atoms with E-state index in [9.17, 15) is 13.2 Å². The Morgan fingerprint density at radius 2 is 1.74 bits per heavy atom. The van der Waals surface area contributed by atoms with Crippen LogP contribution >= 0.6 is 0 Å². The average molecular weight is 378 g/mol. The monoisotopic (exact) mass is 378 g/mol. The predicted octanol–water partition coefficient (Wildman–Crippen LogP) is 3.57. The van der Waals surface area contributed by atoms with E-state index in [0.29, 0.717) is 17.5 Å². The van der Waals surface area contributed by atoms with Crippen LogP contribution in [0.4, 0.5) is 11.4 Å². The fourth-order valence-corrected chi connectivity index (χ4v) is 5.93. The number of benzene rings is 3. The topological polar surface area (TPSA) is 57.7 Å². The number of para-hydroxylation sites is 1.